The second-order valence-corrected chi connectivity index (χ2v) is 3.30. The van der Waals surface area contributed by atoms with E-state index in [1.165, 1.54) is 0 Å². The molecule has 0 spiro atoms. The van der Waals surface area contributed by atoms with Gasteiger partial charge in [0.2, 0.25) is 0 Å². The van der Waals surface area contributed by atoms with E-state index in [9.17, 15) is 0 Å². The Morgan fingerprint density at radius 3 is 2.53 bits per heavy atom. The Kier molecular flexibility index (Phi) is 3.00. The maximum atomic E-state index is 5.52. The standard InChI is InChI=1S/C13H13NO/c14-10-12-6-4-11(5-7-12)9-13-3-1-2-8-15-13/h1-9H,10,14H2. The Morgan fingerprint density at radius 1 is 1.13 bits per heavy atom. The van der Waals surface area contributed by atoms with Crippen molar-refractivity contribution in [2.45, 2.75) is 6.54 Å². The fourth-order valence-corrected chi connectivity index (χ4v) is 1.35. The summed E-state index contributed by atoms with van der Waals surface area (Å²) >= 11 is 0. The molecule has 76 valence electrons. The number of rotatable bonds is 2. The quantitative estimate of drug-likeness (QED) is 0.794. The molecule has 2 rings (SSSR count). The molecule has 0 aromatic heterocycles. The minimum Gasteiger partial charge on any atom is -0.465 e. The minimum atomic E-state index is 0.579. The first kappa shape index (κ1) is 9.74. The van der Waals surface area contributed by atoms with E-state index in [2.05, 4.69) is 0 Å². The number of hydrogen-bond donors (Lipinski definition) is 1. The molecular formula is C13H13NO. The monoisotopic (exact) mass is 199 g/mol. The predicted molar refractivity (Wildman–Crippen MR) is 61.7 cm³/mol. The number of allylic oxidation sites excluding steroid dienone is 3. The van der Waals surface area contributed by atoms with Crippen molar-refractivity contribution in [2.75, 3.05) is 0 Å². The minimum absolute atomic E-state index is 0.579. The van der Waals surface area contributed by atoms with Gasteiger partial charge >= 0.3 is 0 Å². The summed E-state index contributed by atoms with van der Waals surface area (Å²) < 4.78 is 5.31. The average Bonchev–Trinajstić information content (AvgIpc) is 2.31. The largest absolute Gasteiger partial charge is 0.465 e. The molecule has 2 nitrogen and oxygen atoms in total. The molecule has 0 radical (unpaired) electrons. The van der Waals surface area contributed by atoms with Crippen LogP contribution in [0, 0.1) is 0 Å². The molecule has 0 fully saturated rings. The average molecular weight is 199 g/mol. The maximum Gasteiger partial charge on any atom is 0.127 e. The van der Waals surface area contributed by atoms with Crippen molar-refractivity contribution >= 4 is 6.08 Å². The topological polar surface area (TPSA) is 35.2 Å². The Morgan fingerprint density at radius 2 is 1.93 bits per heavy atom. The number of nitrogens with two attached hydrogens (primary N) is 1. The Balaban J connectivity index is 2.16. The van der Waals surface area contributed by atoms with Gasteiger partial charge in [-0.05, 0) is 29.4 Å². The highest BCUT2D eigenvalue weighted by molar-refractivity contribution is 5.55. The van der Waals surface area contributed by atoms with Crippen LogP contribution in [0.25, 0.3) is 6.08 Å². The second-order valence-electron chi connectivity index (χ2n) is 3.30. The zero-order valence-electron chi connectivity index (χ0n) is 8.39. The molecule has 0 amide bonds. The second kappa shape index (κ2) is 4.62. The molecule has 0 saturated heterocycles. The predicted octanol–water partition coefficient (Wildman–Crippen LogP) is 2.59. The van der Waals surface area contributed by atoms with Gasteiger partial charge in [0, 0.05) is 6.54 Å². The van der Waals surface area contributed by atoms with Gasteiger partial charge in [-0.2, -0.15) is 0 Å². The lowest BCUT2D eigenvalue weighted by Gasteiger charge is -2.04. The van der Waals surface area contributed by atoms with Crippen molar-refractivity contribution in [3.63, 3.8) is 0 Å². The summed E-state index contributed by atoms with van der Waals surface area (Å²) in [7, 11) is 0. The fraction of sp³-hybridized carbons (Fsp3) is 0.0769. The highest BCUT2D eigenvalue weighted by Gasteiger charge is 1.96. The van der Waals surface area contributed by atoms with Crippen LogP contribution in [-0.4, -0.2) is 0 Å². The van der Waals surface area contributed by atoms with Crippen molar-refractivity contribution in [1.29, 1.82) is 0 Å². The number of benzene rings is 1. The van der Waals surface area contributed by atoms with Crippen molar-refractivity contribution in [3.05, 3.63) is 65.6 Å². The van der Waals surface area contributed by atoms with E-state index in [1.54, 1.807) is 6.26 Å². The van der Waals surface area contributed by atoms with Crippen LogP contribution in [0.15, 0.2) is 54.5 Å². The van der Waals surface area contributed by atoms with Crippen LogP contribution in [0.1, 0.15) is 11.1 Å². The lowest BCUT2D eigenvalue weighted by Crippen LogP contribution is -1.95. The van der Waals surface area contributed by atoms with Crippen molar-refractivity contribution in [2.24, 2.45) is 5.73 Å². The van der Waals surface area contributed by atoms with Gasteiger partial charge in [-0.1, -0.05) is 30.3 Å². The smallest absolute Gasteiger partial charge is 0.127 e. The van der Waals surface area contributed by atoms with Crippen molar-refractivity contribution in [1.82, 2.24) is 0 Å². The number of ether oxygens (including phenoxy) is 1. The van der Waals surface area contributed by atoms with Gasteiger partial charge in [0.15, 0.2) is 0 Å². The summed E-state index contributed by atoms with van der Waals surface area (Å²) in [6.07, 6.45) is 9.38. The van der Waals surface area contributed by atoms with Gasteiger partial charge < -0.3 is 10.5 Å². The van der Waals surface area contributed by atoms with Gasteiger partial charge in [-0.15, -0.1) is 0 Å². The third-order valence-electron chi connectivity index (χ3n) is 2.18. The normalized spacial score (nSPS) is 16.7. The van der Waals surface area contributed by atoms with E-state index in [0.717, 1.165) is 16.9 Å². The molecule has 0 saturated carbocycles. The fourth-order valence-electron chi connectivity index (χ4n) is 1.35. The summed E-state index contributed by atoms with van der Waals surface area (Å²) in [5.41, 5.74) is 7.77. The molecule has 0 aliphatic carbocycles. The van der Waals surface area contributed by atoms with Crippen molar-refractivity contribution < 1.29 is 4.74 Å². The molecule has 0 atom stereocenters. The maximum absolute atomic E-state index is 5.52. The summed E-state index contributed by atoms with van der Waals surface area (Å²) in [6, 6.07) is 8.11. The lowest BCUT2D eigenvalue weighted by molar-refractivity contribution is 0.369. The molecule has 1 aliphatic heterocycles. The molecule has 0 unspecified atom stereocenters. The summed E-state index contributed by atoms with van der Waals surface area (Å²) in [5, 5.41) is 0. The molecular weight excluding hydrogens is 186 g/mol. The molecule has 1 heterocycles. The molecule has 1 aliphatic rings. The van der Waals surface area contributed by atoms with Crippen LogP contribution in [0.3, 0.4) is 0 Å². The summed E-state index contributed by atoms with van der Waals surface area (Å²) in [5.74, 6) is 0.845. The van der Waals surface area contributed by atoms with Crippen LogP contribution < -0.4 is 5.73 Å². The van der Waals surface area contributed by atoms with E-state index >= 15 is 0 Å². The first-order valence-corrected chi connectivity index (χ1v) is 4.89. The zero-order chi connectivity index (χ0) is 10.5. The zero-order valence-corrected chi connectivity index (χ0v) is 8.39. The molecule has 1 aromatic carbocycles. The summed E-state index contributed by atoms with van der Waals surface area (Å²) in [4.78, 5) is 0. The van der Waals surface area contributed by atoms with Crippen LogP contribution in [0.4, 0.5) is 0 Å². The molecule has 15 heavy (non-hydrogen) atoms. The van der Waals surface area contributed by atoms with E-state index in [-0.39, 0.29) is 0 Å². The van der Waals surface area contributed by atoms with Crippen molar-refractivity contribution in [3.8, 4) is 0 Å². The van der Waals surface area contributed by atoms with Gasteiger partial charge in [-0.25, -0.2) is 0 Å². The van der Waals surface area contributed by atoms with Crippen LogP contribution in [-0.2, 0) is 11.3 Å². The lowest BCUT2D eigenvalue weighted by atomic mass is 10.1. The van der Waals surface area contributed by atoms with E-state index in [0.29, 0.717) is 6.54 Å². The van der Waals surface area contributed by atoms with Gasteiger partial charge in [0.1, 0.15) is 5.76 Å². The Hall–Kier alpha value is -1.80. The first-order chi connectivity index (χ1) is 7.38. The van der Waals surface area contributed by atoms with E-state index < -0.39 is 0 Å². The van der Waals surface area contributed by atoms with Crippen LogP contribution in [0.5, 0.6) is 0 Å². The third-order valence-corrected chi connectivity index (χ3v) is 2.18. The Bertz CT molecular complexity index is 413. The Labute approximate surface area is 89.4 Å². The van der Waals surface area contributed by atoms with Crippen LogP contribution in [0.2, 0.25) is 0 Å². The SMILES string of the molecule is NCc1ccc(C=C2C=CC=CO2)cc1. The number of hydrogen-bond acceptors (Lipinski definition) is 2. The highest BCUT2D eigenvalue weighted by atomic mass is 16.5. The van der Waals surface area contributed by atoms with E-state index in [4.69, 9.17) is 10.5 Å². The molecule has 0 bridgehead atoms. The van der Waals surface area contributed by atoms with Crippen LogP contribution >= 0.6 is 0 Å². The summed E-state index contributed by atoms with van der Waals surface area (Å²) in [6.45, 7) is 0.579. The van der Waals surface area contributed by atoms with Gasteiger partial charge in [-0.3, -0.25) is 0 Å². The van der Waals surface area contributed by atoms with E-state index in [1.807, 2.05) is 48.6 Å². The highest BCUT2D eigenvalue weighted by Crippen LogP contribution is 2.13. The van der Waals surface area contributed by atoms with Gasteiger partial charge in [0.25, 0.3) is 0 Å². The molecule has 2 N–H and O–H groups in total. The third kappa shape index (κ3) is 2.58. The first-order valence-electron chi connectivity index (χ1n) is 4.89. The van der Waals surface area contributed by atoms with Gasteiger partial charge in [0.05, 0.1) is 6.26 Å². The molecule has 2 heteroatoms. The molecule has 1 aromatic rings.